The third kappa shape index (κ3) is 3.26. The lowest BCUT2D eigenvalue weighted by Crippen LogP contribution is -2.01. The molecule has 0 saturated carbocycles. The van der Waals surface area contributed by atoms with Gasteiger partial charge in [0.1, 0.15) is 5.75 Å². The van der Waals surface area contributed by atoms with Crippen LogP contribution in [0.15, 0.2) is 34.1 Å². The Balaban J connectivity index is 2.20. The summed E-state index contributed by atoms with van der Waals surface area (Å²) in [5, 5.41) is 12.7. The Kier molecular flexibility index (Phi) is 4.67. The molecule has 0 amide bonds. The van der Waals surface area contributed by atoms with Crippen molar-refractivity contribution in [1.82, 2.24) is 0 Å². The molecule has 0 bridgehead atoms. The molecule has 1 heterocycles. The van der Waals surface area contributed by atoms with Crippen LogP contribution in [0.25, 0.3) is 0 Å². The highest BCUT2D eigenvalue weighted by atomic mass is 79.9. The number of ether oxygens (including phenoxy) is 1. The molecule has 0 fully saturated rings. The average molecular weight is 348 g/mol. The fourth-order valence-corrected chi connectivity index (χ4v) is 3.20. The molecule has 2 aromatic rings. The number of halogens is 2. The zero-order chi connectivity index (χ0) is 13.1. The second kappa shape index (κ2) is 6.06. The van der Waals surface area contributed by atoms with Crippen LogP contribution in [0.4, 0.5) is 0 Å². The molecule has 0 aliphatic carbocycles. The van der Waals surface area contributed by atoms with Crippen LogP contribution in [0.1, 0.15) is 16.5 Å². The highest BCUT2D eigenvalue weighted by molar-refractivity contribution is 9.10. The molecule has 0 radical (unpaired) electrons. The summed E-state index contributed by atoms with van der Waals surface area (Å²) in [5.41, 5.74) is 0.962. The first-order valence-corrected chi connectivity index (χ1v) is 7.39. The van der Waals surface area contributed by atoms with E-state index in [0.717, 1.165) is 20.7 Å². The monoisotopic (exact) mass is 346 g/mol. The molecule has 1 aromatic heterocycles. The Morgan fingerprint density at radius 2 is 2.22 bits per heavy atom. The number of aliphatic hydroxyl groups is 1. The largest absolute Gasteiger partial charge is 0.496 e. The van der Waals surface area contributed by atoms with Crippen molar-refractivity contribution in [2.75, 3.05) is 7.11 Å². The van der Waals surface area contributed by atoms with Gasteiger partial charge in [-0.25, -0.2) is 0 Å². The van der Waals surface area contributed by atoms with Crippen molar-refractivity contribution >= 4 is 38.9 Å². The van der Waals surface area contributed by atoms with Crippen molar-refractivity contribution in [2.45, 2.75) is 12.5 Å². The molecule has 1 atom stereocenters. The Bertz CT molecular complexity index is 542. The van der Waals surface area contributed by atoms with Gasteiger partial charge in [-0.3, -0.25) is 0 Å². The third-order valence-corrected chi connectivity index (χ3v) is 4.45. The third-order valence-electron chi connectivity index (χ3n) is 2.57. The molecule has 0 aliphatic rings. The molecule has 2 rings (SSSR count). The zero-order valence-corrected chi connectivity index (χ0v) is 12.8. The highest BCUT2D eigenvalue weighted by Crippen LogP contribution is 2.31. The number of rotatable bonds is 4. The number of aliphatic hydroxyl groups excluding tert-OH is 1. The van der Waals surface area contributed by atoms with Gasteiger partial charge in [0, 0.05) is 21.2 Å². The Morgan fingerprint density at radius 1 is 1.44 bits per heavy atom. The van der Waals surface area contributed by atoms with E-state index in [1.165, 1.54) is 11.3 Å². The summed E-state index contributed by atoms with van der Waals surface area (Å²) in [5.74, 6) is 0.778. The van der Waals surface area contributed by atoms with Gasteiger partial charge in [0.15, 0.2) is 0 Å². The van der Waals surface area contributed by atoms with E-state index in [1.807, 2.05) is 23.6 Å². The van der Waals surface area contributed by atoms with Crippen molar-refractivity contribution in [3.05, 3.63) is 49.6 Å². The minimum absolute atomic E-state index is 0.499. The molecule has 2 nitrogen and oxygen atoms in total. The van der Waals surface area contributed by atoms with Crippen LogP contribution in [0.2, 0.25) is 5.02 Å². The number of hydrogen-bond acceptors (Lipinski definition) is 3. The van der Waals surface area contributed by atoms with E-state index >= 15 is 0 Å². The van der Waals surface area contributed by atoms with Crippen LogP contribution >= 0.6 is 38.9 Å². The predicted octanol–water partition coefficient (Wildman–Crippen LogP) is 4.45. The lowest BCUT2D eigenvalue weighted by molar-refractivity contribution is 0.181. The number of methoxy groups -OCH3 is 1. The van der Waals surface area contributed by atoms with Crippen LogP contribution in [-0.4, -0.2) is 12.2 Å². The molecule has 5 heteroatoms. The van der Waals surface area contributed by atoms with Gasteiger partial charge < -0.3 is 9.84 Å². The van der Waals surface area contributed by atoms with E-state index in [2.05, 4.69) is 15.9 Å². The van der Waals surface area contributed by atoms with Crippen molar-refractivity contribution in [3.63, 3.8) is 0 Å². The number of thiophene rings is 1. The summed E-state index contributed by atoms with van der Waals surface area (Å²) >= 11 is 10.7. The van der Waals surface area contributed by atoms with Crippen molar-refractivity contribution in [2.24, 2.45) is 0 Å². The summed E-state index contributed by atoms with van der Waals surface area (Å²) in [6.07, 6.45) is -0.0647. The Hall–Kier alpha value is -0.550. The normalized spacial score (nSPS) is 12.4. The van der Waals surface area contributed by atoms with Crippen LogP contribution in [0, 0.1) is 0 Å². The van der Waals surface area contributed by atoms with Crippen LogP contribution in [-0.2, 0) is 6.42 Å². The summed E-state index contributed by atoms with van der Waals surface area (Å²) in [7, 11) is 1.63. The van der Waals surface area contributed by atoms with E-state index < -0.39 is 6.10 Å². The van der Waals surface area contributed by atoms with Crippen molar-refractivity contribution < 1.29 is 9.84 Å². The van der Waals surface area contributed by atoms with E-state index in [-0.39, 0.29) is 0 Å². The fourth-order valence-electron chi connectivity index (χ4n) is 1.72. The lowest BCUT2D eigenvalue weighted by atomic mass is 10.1. The maximum Gasteiger partial charge on any atom is 0.122 e. The smallest absolute Gasteiger partial charge is 0.122 e. The minimum atomic E-state index is -0.564. The molecule has 1 N–H and O–H groups in total. The molecule has 1 aromatic carbocycles. The quantitative estimate of drug-likeness (QED) is 0.885. The fraction of sp³-hybridized carbons (Fsp3) is 0.231. The molecule has 1 unspecified atom stereocenters. The van der Waals surface area contributed by atoms with Gasteiger partial charge in [0.25, 0.3) is 0 Å². The second-order valence-corrected chi connectivity index (χ2v) is 6.14. The molecule has 0 aliphatic heterocycles. The summed E-state index contributed by atoms with van der Waals surface area (Å²) in [4.78, 5) is 0.863. The van der Waals surface area contributed by atoms with Gasteiger partial charge >= 0.3 is 0 Å². The van der Waals surface area contributed by atoms with E-state index in [9.17, 15) is 5.11 Å². The first kappa shape index (κ1) is 13.9. The molecule has 0 saturated heterocycles. The van der Waals surface area contributed by atoms with E-state index in [4.69, 9.17) is 16.3 Å². The van der Waals surface area contributed by atoms with E-state index in [0.29, 0.717) is 11.4 Å². The molecule has 0 spiro atoms. The minimum Gasteiger partial charge on any atom is -0.496 e. The van der Waals surface area contributed by atoms with Crippen LogP contribution in [0.3, 0.4) is 0 Å². The summed E-state index contributed by atoms with van der Waals surface area (Å²) in [6, 6.07) is 7.54. The SMILES string of the molecule is COc1ccc(Br)cc1CC(O)c1cc(Cl)cs1. The van der Waals surface area contributed by atoms with Crippen molar-refractivity contribution in [3.8, 4) is 5.75 Å². The van der Waals surface area contributed by atoms with Gasteiger partial charge in [-0.05, 0) is 29.8 Å². The van der Waals surface area contributed by atoms with E-state index in [1.54, 1.807) is 13.2 Å². The maximum atomic E-state index is 10.2. The first-order valence-electron chi connectivity index (χ1n) is 5.34. The summed E-state index contributed by atoms with van der Waals surface area (Å²) in [6.45, 7) is 0. The zero-order valence-electron chi connectivity index (χ0n) is 9.69. The number of hydrogen-bond donors (Lipinski definition) is 1. The van der Waals surface area contributed by atoms with Crippen molar-refractivity contribution in [1.29, 1.82) is 0 Å². The highest BCUT2D eigenvalue weighted by Gasteiger charge is 2.14. The Morgan fingerprint density at radius 3 is 2.83 bits per heavy atom. The maximum absolute atomic E-state index is 10.2. The van der Waals surface area contributed by atoms with Crippen LogP contribution in [0.5, 0.6) is 5.75 Å². The first-order chi connectivity index (χ1) is 8.60. The molecular formula is C13H12BrClO2S. The van der Waals surface area contributed by atoms with Gasteiger partial charge in [0.05, 0.1) is 18.2 Å². The molecule has 96 valence electrons. The summed E-state index contributed by atoms with van der Waals surface area (Å²) < 4.78 is 6.26. The van der Waals surface area contributed by atoms with Gasteiger partial charge in [-0.1, -0.05) is 27.5 Å². The molecule has 18 heavy (non-hydrogen) atoms. The predicted molar refractivity (Wildman–Crippen MR) is 78.7 cm³/mol. The molecular weight excluding hydrogens is 336 g/mol. The van der Waals surface area contributed by atoms with Gasteiger partial charge in [0.2, 0.25) is 0 Å². The van der Waals surface area contributed by atoms with Gasteiger partial charge in [-0.15, -0.1) is 11.3 Å². The van der Waals surface area contributed by atoms with Gasteiger partial charge in [-0.2, -0.15) is 0 Å². The average Bonchev–Trinajstić information content (AvgIpc) is 2.76. The lowest BCUT2D eigenvalue weighted by Gasteiger charge is -2.12. The standard InChI is InChI=1S/C13H12BrClO2S/c1-17-12-3-2-9(14)4-8(12)5-11(16)13-6-10(15)7-18-13/h2-4,6-7,11,16H,5H2,1H3. The second-order valence-electron chi connectivity index (χ2n) is 3.84. The van der Waals surface area contributed by atoms with Crippen LogP contribution < -0.4 is 4.74 Å². The Labute approximate surface area is 123 Å². The topological polar surface area (TPSA) is 29.5 Å². The number of benzene rings is 1.